The summed E-state index contributed by atoms with van der Waals surface area (Å²) in [7, 11) is 0. The van der Waals surface area contributed by atoms with Crippen LogP contribution in [0, 0.1) is 17.3 Å². The van der Waals surface area contributed by atoms with Crippen molar-refractivity contribution in [3.63, 3.8) is 0 Å². The van der Waals surface area contributed by atoms with E-state index >= 15 is 0 Å². The molecule has 0 heterocycles. The zero-order valence-electron chi connectivity index (χ0n) is 10.3. The fourth-order valence-corrected chi connectivity index (χ4v) is 2.56. The average Bonchev–Trinajstić information content (AvgIpc) is 2.44. The second-order valence-electron chi connectivity index (χ2n) is 5.45. The predicted molar refractivity (Wildman–Crippen MR) is 64.7 cm³/mol. The van der Waals surface area contributed by atoms with Crippen molar-refractivity contribution in [3.05, 3.63) is 12.2 Å². The number of allylic oxidation sites excluding steroid dienone is 2. The van der Waals surface area contributed by atoms with Crippen molar-refractivity contribution in [3.8, 4) is 0 Å². The van der Waals surface area contributed by atoms with Crippen molar-refractivity contribution < 1.29 is 4.79 Å². The maximum absolute atomic E-state index is 10.1. The van der Waals surface area contributed by atoms with Crippen LogP contribution >= 0.6 is 0 Å². The van der Waals surface area contributed by atoms with Crippen molar-refractivity contribution in [2.24, 2.45) is 17.3 Å². The molecule has 0 spiro atoms. The third-order valence-corrected chi connectivity index (χ3v) is 4.31. The predicted octanol–water partition coefficient (Wildman–Crippen LogP) is 3.98. The summed E-state index contributed by atoms with van der Waals surface area (Å²) in [4.78, 5) is 10.1. The van der Waals surface area contributed by atoms with Gasteiger partial charge >= 0.3 is 0 Å². The van der Waals surface area contributed by atoms with Crippen molar-refractivity contribution in [1.29, 1.82) is 0 Å². The maximum Gasteiger partial charge on any atom is 0.120 e. The molecule has 0 aromatic heterocycles. The second kappa shape index (κ2) is 5.48. The van der Waals surface area contributed by atoms with Crippen molar-refractivity contribution in [2.45, 2.75) is 52.9 Å². The molecule has 1 saturated carbocycles. The topological polar surface area (TPSA) is 17.1 Å². The Hall–Kier alpha value is -0.590. The van der Waals surface area contributed by atoms with Crippen molar-refractivity contribution in [1.82, 2.24) is 0 Å². The largest absolute Gasteiger partial charge is 0.303 e. The quantitative estimate of drug-likeness (QED) is 0.379. The van der Waals surface area contributed by atoms with E-state index < -0.39 is 0 Å². The van der Waals surface area contributed by atoms with Gasteiger partial charge in [0.05, 0.1) is 0 Å². The molecule has 1 aliphatic rings. The van der Waals surface area contributed by atoms with Crippen LogP contribution in [0.2, 0.25) is 0 Å². The van der Waals surface area contributed by atoms with E-state index in [4.69, 9.17) is 0 Å². The first-order valence-corrected chi connectivity index (χ1v) is 6.17. The summed E-state index contributed by atoms with van der Waals surface area (Å²) in [6, 6.07) is 0. The van der Waals surface area contributed by atoms with Crippen LogP contribution in [-0.4, -0.2) is 6.29 Å². The van der Waals surface area contributed by atoms with Gasteiger partial charge in [0, 0.05) is 6.42 Å². The Morgan fingerprint density at radius 1 is 1.20 bits per heavy atom. The molecule has 1 aliphatic carbocycles. The highest BCUT2D eigenvalue weighted by Crippen LogP contribution is 2.48. The summed E-state index contributed by atoms with van der Waals surface area (Å²) in [5.74, 6) is 1.69. The summed E-state index contributed by atoms with van der Waals surface area (Å²) >= 11 is 0. The monoisotopic (exact) mass is 208 g/mol. The molecular weight excluding hydrogens is 184 g/mol. The zero-order valence-corrected chi connectivity index (χ0v) is 10.3. The zero-order chi connectivity index (χ0) is 11.3. The smallest absolute Gasteiger partial charge is 0.120 e. The van der Waals surface area contributed by atoms with Crippen LogP contribution in [0.25, 0.3) is 0 Å². The van der Waals surface area contributed by atoms with Gasteiger partial charge in [0.15, 0.2) is 0 Å². The van der Waals surface area contributed by atoms with Crippen LogP contribution in [0.15, 0.2) is 12.2 Å². The number of rotatable bonds is 5. The number of hydrogen-bond donors (Lipinski definition) is 0. The Kier molecular flexibility index (Phi) is 4.56. The van der Waals surface area contributed by atoms with Gasteiger partial charge in [-0.3, -0.25) is 0 Å². The van der Waals surface area contributed by atoms with E-state index in [-0.39, 0.29) is 0 Å². The number of carbonyl (C=O) groups is 1. The van der Waals surface area contributed by atoms with Gasteiger partial charge in [-0.25, -0.2) is 0 Å². The van der Waals surface area contributed by atoms with E-state index in [1.807, 2.05) is 0 Å². The highest BCUT2D eigenvalue weighted by atomic mass is 16.1. The lowest BCUT2D eigenvalue weighted by atomic mass is 9.75. The number of carbonyl (C=O) groups excluding carboxylic acids is 1. The van der Waals surface area contributed by atoms with Gasteiger partial charge < -0.3 is 4.79 Å². The maximum atomic E-state index is 10.1. The SMILES string of the molecule is CC1CCC(C/C=C/CCC=O)C1(C)C. The van der Waals surface area contributed by atoms with Gasteiger partial charge in [-0.1, -0.05) is 32.9 Å². The van der Waals surface area contributed by atoms with E-state index in [0.29, 0.717) is 11.8 Å². The minimum absolute atomic E-state index is 0.495. The number of aldehydes is 1. The highest BCUT2D eigenvalue weighted by molar-refractivity contribution is 5.49. The molecule has 0 aromatic rings. The molecule has 0 N–H and O–H groups in total. The third-order valence-electron chi connectivity index (χ3n) is 4.31. The molecule has 0 aromatic carbocycles. The average molecular weight is 208 g/mol. The van der Waals surface area contributed by atoms with E-state index in [9.17, 15) is 4.79 Å². The molecule has 1 nitrogen and oxygen atoms in total. The first-order chi connectivity index (χ1) is 7.09. The fourth-order valence-electron chi connectivity index (χ4n) is 2.56. The molecule has 1 fully saturated rings. The van der Waals surface area contributed by atoms with Gasteiger partial charge in [-0.15, -0.1) is 0 Å². The first kappa shape index (κ1) is 12.5. The molecule has 0 aliphatic heterocycles. The highest BCUT2D eigenvalue weighted by Gasteiger charge is 2.39. The Labute approximate surface area is 93.9 Å². The van der Waals surface area contributed by atoms with Gasteiger partial charge in [0.25, 0.3) is 0 Å². The number of hydrogen-bond acceptors (Lipinski definition) is 1. The molecule has 86 valence electrons. The van der Waals surface area contributed by atoms with Crippen LogP contribution in [0.3, 0.4) is 0 Å². The Balaban J connectivity index is 2.33. The van der Waals surface area contributed by atoms with Gasteiger partial charge in [0.2, 0.25) is 0 Å². The fraction of sp³-hybridized carbons (Fsp3) is 0.786. The molecule has 0 radical (unpaired) electrons. The molecule has 15 heavy (non-hydrogen) atoms. The summed E-state index contributed by atoms with van der Waals surface area (Å²) < 4.78 is 0. The molecule has 1 rings (SSSR count). The van der Waals surface area contributed by atoms with Crippen LogP contribution in [0.5, 0.6) is 0 Å². The summed E-state index contributed by atoms with van der Waals surface area (Å²) in [6.07, 6.45) is 10.9. The van der Waals surface area contributed by atoms with E-state index in [1.165, 1.54) is 19.3 Å². The minimum atomic E-state index is 0.495. The van der Waals surface area contributed by atoms with E-state index in [2.05, 4.69) is 32.9 Å². The van der Waals surface area contributed by atoms with E-state index in [1.54, 1.807) is 0 Å². The number of unbranched alkanes of at least 4 members (excludes halogenated alkanes) is 1. The van der Waals surface area contributed by atoms with Crippen LogP contribution in [-0.2, 0) is 4.79 Å². The molecule has 0 saturated heterocycles. The van der Waals surface area contributed by atoms with Crippen LogP contribution in [0.4, 0.5) is 0 Å². The van der Waals surface area contributed by atoms with Gasteiger partial charge in [0.1, 0.15) is 6.29 Å². The van der Waals surface area contributed by atoms with Crippen molar-refractivity contribution >= 4 is 6.29 Å². The summed E-state index contributed by atoms with van der Waals surface area (Å²) in [5, 5.41) is 0. The standard InChI is InChI=1S/C14H24O/c1-12-9-10-13(14(12,2)3)8-6-4-5-7-11-15/h4,6,11-13H,5,7-10H2,1-3H3/b6-4+. The second-order valence-corrected chi connectivity index (χ2v) is 5.45. The molecule has 2 atom stereocenters. The molecule has 0 bridgehead atoms. The van der Waals surface area contributed by atoms with Gasteiger partial charge in [-0.05, 0) is 42.9 Å². The summed E-state index contributed by atoms with van der Waals surface area (Å²) in [5.41, 5.74) is 0.495. The minimum Gasteiger partial charge on any atom is -0.303 e. The molecule has 1 heteroatoms. The normalized spacial score (nSPS) is 29.8. The third kappa shape index (κ3) is 3.19. The molecular formula is C14H24O. The van der Waals surface area contributed by atoms with Crippen LogP contribution in [0.1, 0.15) is 52.9 Å². The Morgan fingerprint density at radius 2 is 1.93 bits per heavy atom. The molecule has 0 amide bonds. The van der Waals surface area contributed by atoms with E-state index in [0.717, 1.165) is 24.5 Å². The van der Waals surface area contributed by atoms with Crippen LogP contribution < -0.4 is 0 Å². The lowest BCUT2D eigenvalue weighted by Crippen LogP contribution is -2.22. The Morgan fingerprint density at radius 3 is 2.47 bits per heavy atom. The lowest BCUT2D eigenvalue weighted by Gasteiger charge is -2.30. The summed E-state index contributed by atoms with van der Waals surface area (Å²) in [6.45, 7) is 7.17. The first-order valence-electron chi connectivity index (χ1n) is 6.17. The molecule has 2 unspecified atom stereocenters. The van der Waals surface area contributed by atoms with Gasteiger partial charge in [-0.2, -0.15) is 0 Å². The lowest BCUT2D eigenvalue weighted by molar-refractivity contribution is -0.107. The Bertz CT molecular complexity index is 227. The van der Waals surface area contributed by atoms with Crippen molar-refractivity contribution in [2.75, 3.05) is 0 Å².